The molecule has 1 aliphatic heterocycles. The monoisotopic (exact) mass is 436 g/mol. The van der Waals surface area contributed by atoms with Crippen LogP contribution in [0.2, 0.25) is 5.02 Å². The zero-order chi connectivity index (χ0) is 21.5. The number of ether oxygens (including phenoxy) is 3. The fourth-order valence-corrected chi connectivity index (χ4v) is 3.68. The number of rotatable bonds is 7. The first-order valence-corrected chi connectivity index (χ1v) is 10.6. The van der Waals surface area contributed by atoms with E-state index in [4.69, 9.17) is 25.8 Å². The van der Waals surface area contributed by atoms with Crippen molar-refractivity contribution in [3.63, 3.8) is 0 Å². The fourth-order valence-electron chi connectivity index (χ4n) is 3.40. The second-order valence-electron chi connectivity index (χ2n) is 7.18. The van der Waals surface area contributed by atoms with Crippen LogP contribution in [0.5, 0.6) is 11.5 Å². The quantitative estimate of drug-likeness (QED) is 0.458. The molecule has 4 rings (SSSR count). The lowest BCUT2D eigenvalue weighted by Gasteiger charge is -2.28. The summed E-state index contributed by atoms with van der Waals surface area (Å²) in [6, 6.07) is 21.8. The maximum Gasteiger partial charge on any atom is 0.180 e. The van der Waals surface area contributed by atoms with Crippen LogP contribution in [0.4, 0.5) is 11.4 Å². The van der Waals surface area contributed by atoms with E-state index in [9.17, 15) is 0 Å². The van der Waals surface area contributed by atoms with Gasteiger partial charge in [-0.1, -0.05) is 41.9 Å². The lowest BCUT2D eigenvalue weighted by Crippen LogP contribution is -2.36. The van der Waals surface area contributed by atoms with Crippen molar-refractivity contribution in [3.05, 3.63) is 82.9 Å². The van der Waals surface area contributed by atoms with Crippen LogP contribution in [0.15, 0.2) is 71.7 Å². The van der Waals surface area contributed by atoms with E-state index < -0.39 is 0 Å². The van der Waals surface area contributed by atoms with Gasteiger partial charge in [0.05, 0.1) is 31.0 Å². The van der Waals surface area contributed by atoms with Gasteiger partial charge in [-0.25, -0.2) is 0 Å². The predicted molar refractivity (Wildman–Crippen MR) is 126 cm³/mol. The number of aliphatic imine (C=N–C) groups is 1. The molecule has 1 heterocycles. The summed E-state index contributed by atoms with van der Waals surface area (Å²) in [4.78, 5) is 6.89. The maximum atomic E-state index is 6.49. The molecule has 0 spiro atoms. The molecule has 3 aromatic rings. The predicted octanol–water partition coefficient (Wildman–Crippen LogP) is 5.51. The number of morpholine rings is 1. The van der Waals surface area contributed by atoms with Gasteiger partial charge >= 0.3 is 0 Å². The Morgan fingerprint density at radius 2 is 1.77 bits per heavy atom. The highest BCUT2D eigenvalue weighted by molar-refractivity contribution is 6.32. The van der Waals surface area contributed by atoms with Crippen LogP contribution in [0.1, 0.15) is 11.1 Å². The molecular weight excluding hydrogens is 412 g/mol. The Labute approximate surface area is 187 Å². The molecule has 0 aromatic heterocycles. The number of hydrogen-bond acceptors (Lipinski definition) is 5. The van der Waals surface area contributed by atoms with Gasteiger partial charge in [0.1, 0.15) is 6.61 Å². The van der Waals surface area contributed by atoms with Crippen molar-refractivity contribution in [1.82, 2.24) is 0 Å². The van der Waals surface area contributed by atoms with Crippen LogP contribution in [-0.4, -0.2) is 39.6 Å². The summed E-state index contributed by atoms with van der Waals surface area (Å²) in [6.07, 6.45) is 1.78. The van der Waals surface area contributed by atoms with E-state index in [0.29, 0.717) is 23.1 Å². The molecule has 3 aromatic carbocycles. The van der Waals surface area contributed by atoms with Gasteiger partial charge in [-0.15, -0.1) is 0 Å². The minimum Gasteiger partial charge on any atom is -0.493 e. The Bertz CT molecular complexity index is 1020. The molecule has 0 bridgehead atoms. The van der Waals surface area contributed by atoms with Gasteiger partial charge in [-0.05, 0) is 47.5 Å². The summed E-state index contributed by atoms with van der Waals surface area (Å²) in [7, 11) is 1.60. The van der Waals surface area contributed by atoms with Gasteiger partial charge in [-0.2, -0.15) is 0 Å². The highest BCUT2D eigenvalue weighted by Crippen LogP contribution is 2.36. The summed E-state index contributed by atoms with van der Waals surface area (Å²) in [5.74, 6) is 1.10. The van der Waals surface area contributed by atoms with Gasteiger partial charge in [0, 0.05) is 25.0 Å². The maximum absolute atomic E-state index is 6.49. The first-order chi connectivity index (χ1) is 15.2. The third-order valence-corrected chi connectivity index (χ3v) is 5.35. The number of anilines is 1. The van der Waals surface area contributed by atoms with Gasteiger partial charge in [0.25, 0.3) is 0 Å². The normalized spacial score (nSPS) is 14.1. The van der Waals surface area contributed by atoms with Crippen LogP contribution in [0.3, 0.4) is 0 Å². The number of hydrogen-bond donors (Lipinski definition) is 0. The molecule has 0 saturated carbocycles. The summed E-state index contributed by atoms with van der Waals surface area (Å²) in [5.41, 5.74) is 3.96. The minimum atomic E-state index is 0.417. The summed E-state index contributed by atoms with van der Waals surface area (Å²) >= 11 is 6.49. The van der Waals surface area contributed by atoms with Crippen LogP contribution >= 0.6 is 11.6 Å². The number of nitrogens with zero attached hydrogens (tertiary/aromatic N) is 2. The van der Waals surface area contributed by atoms with Gasteiger partial charge in [-0.3, -0.25) is 4.99 Å². The van der Waals surface area contributed by atoms with E-state index in [1.165, 1.54) is 5.69 Å². The van der Waals surface area contributed by atoms with Crippen LogP contribution in [0.25, 0.3) is 0 Å². The van der Waals surface area contributed by atoms with Crippen molar-refractivity contribution < 1.29 is 14.2 Å². The lowest BCUT2D eigenvalue weighted by molar-refractivity contribution is 0.122. The minimum absolute atomic E-state index is 0.417. The Kier molecular flexibility index (Phi) is 7.07. The topological polar surface area (TPSA) is 43.3 Å². The van der Waals surface area contributed by atoms with E-state index >= 15 is 0 Å². The second-order valence-corrected chi connectivity index (χ2v) is 7.59. The highest BCUT2D eigenvalue weighted by atomic mass is 35.5. The molecule has 5 nitrogen and oxygen atoms in total. The molecule has 0 amide bonds. The van der Waals surface area contributed by atoms with Crippen molar-refractivity contribution in [2.75, 3.05) is 38.3 Å². The number of methoxy groups -OCH3 is 1. The van der Waals surface area contributed by atoms with E-state index in [0.717, 1.165) is 43.1 Å². The van der Waals surface area contributed by atoms with Crippen molar-refractivity contribution in [3.8, 4) is 11.5 Å². The second kappa shape index (κ2) is 10.3. The van der Waals surface area contributed by atoms with Crippen LogP contribution < -0.4 is 14.4 Å². The molecule has 6 heteroatoms. The highest BCUT2D eigenvalue weighted by Gasteiger charge is 2.12. The molecule has 31 heavy (non-hydrogen) atoms. The number of halogens is 1. The molecule has 160 valence electrons. The van der Waals surface area contributed by atoms with Crippen molar-refractivity contribution in [1.29, 1.82) is 0 Å². The largest absolute Gasteiger partial charge is 0.493 e. The van der Waals surface area contributed by atoms with E-state index in [1.807, 2.05) is 54.6 Å². The molecule has 1 fully saturated rings. The van der Waals surface area contributed by atoms with Crippen LogP contribution in [0, 0.1) is 0 Å². The molecule has 0 unspecified atom stereocenters. The Morgan fingerprint density at radius 3 is 2.48 bits per heavy atom. The standard InChI is InChI=1S/C25H25ClN2O3/c1-29-24-16-20(15-23(26)25(24)31-18-19-5-3-2-4-6-19)17-27-21-7-9-22(10-8-21)28-11-13-30-14-12-28/h2-10,15-17H,11-14,18H2,1H3. The molecule has 0 atom stereocenters. The first-order valence-electron chi connectivity index (χ1n) is 10.2. The van der Waals surface area contributed by atoms with Gasteiger partial charge in [0.15, 0.2) is 11.5 Å². The van der Waals surface area contributed by atoms with Crippen molar-refractivity contribution in [2.45, 2.75) is 6.61 Å². The zero-order valence-corrected chi connectivity index (χ0v) is 18.2. The third kappa shape index (κ3) is 5.57. The average molecular weight is 437 g/mol. The van der Waals surface area contributed by atoms with E-state index in [-0.39, 0.29) is 0 Å². The molecule has 0 N–H and O–H groups in total. The fraction of sp³-hybridized carbons (Fsp3) is 0.240. The first kappa shape index (κ1) is 21.2. The van der Waals surface area contributed by atoms with E-state index in [2.05, 4.69) is 22.0 Å². The molecular formula is C25H25ClN2O3. The van der Waals surface area contributed by atoms with Crippen LogP contribution in [-0.2, 0) is 11.3 Å². The molecule has 0 radical (unpaired) electrons. The SMILES string of the molecule is COc1cc(C=Nc2ccc(N3CCOCC3)cc2)cc(Cl)c1OCc1ccccc1. The molecule has 0 aliphatic carbocycles. The lowest BCUT2D eigenvalue weighted by atomic mass is 10.2. The third-order valence-electron chi connectivity index (χ3n) is 5.07. The zero-order valence-electron chi connectivity index (χ0n) is 17.5. The molecule has 1 saturated heterocycles. The summed E-state index contributed by atoms with van der Waals surface area (Å²) < 4.78 is 16.8. The van der Waals surface area contributed by atoms with E-state index in [1.54, 1.807) is 13.3 Å². The van der Waals surface area contributed by atoms with Gasteiger partial charge < -0.3 is 19.1 Å². The number of benzene rings is 3. The Balaban J connectivity index is 1.45. The average Bonchev–Trinajstić information content (AvgIpc) is 2.83. The smallest absolute Gasteiger partial charge is 0.180 e. The molecule has 1 aliphatic rings. The van der Waals surface area contributed by atoms with Crippen molar-refractivity contribution >= 4 is 29.2 Å². The van der Waals surface area contributed by atoms with Gasteiger partial charge in [0.2, 0.25) is 0 Å². The Morgan fingerprint density at radius 1 is 1.03 bits per heavy atom. The van der Waals surface area contributed by atoms with Crippen molar-refractivity contribution in [2.24, 2.45) is 4.99 Å². The Hall–Kier alpha value is -3.02. The summed E-state index contributed by atoms with van der Waals surface area (Å²) in [5, 5.41) is 0.486. The summed E-state index contributed by atoms with van der Waals surface area (Å²) in [6.45, 7) is 3.79.